The lowest BCUT2D eigenvalue weighted by Crippen LogP contribution is -2.41. The minimum Gasteiger partial charge on any atom is -0.442 e. The van der Waals surface area contributed by atoms with Crippen LogP contribution in [0.2, 0.25) is 0 Å². The molecule has 0 saturated carbocycles. The molecular weight excluding hydrogens is 445 g/mol. The topological polar surface area (TPSA) is 88.6 Å². The van der Waals surface area contributed by atoms with Gasteiger partial charge in [0.05, 0.1) is 44.1 Å². The van der Waals surface area contributed by atoms with Crippen LogP contribution in [-0.2, 0) is 23.9 Å². The lowest BCUT2D eigenvalue weighted by molar-refractivity contribution is -0.202. The molecule has 188 valence electrons. The van der Waals surface area contributed by atoms with Crippen molar-refractivity contribution in [3.63, 3.8) is 0 Å². The molecule has 9 nitrogen and oxygen atoms in total. The zero-order valence-corrected chi connectivity index (χ0v) is 20.3. The predicted molar refractivity (Wildman–Crippen MR) is 124 cm³/mol. The van der Waals surface area contributed by atoms with E-state index in [1.54, 1.807) is 12.1 Å². The molecule has 2 amide bonds. The van der Waals surface area contributed by atoms with Crippen molar-refractivity contribution in [2.45, 2.75) is 46.6 Å². The molecule has 10 heteroatoms. The Bertz CT molecular complexity index is 887. The maximum Gasteiger partial charge on any atom is 0.414 e. The summed E-state index contributed by atoms with van der Waals surface area (Å²) in [5.74, 6) is -1.18. The molecule has 2 fully saturated rings. The minimum absolute atomic E-state index is 0.0642. The zero-order valence-electron chi connectivity index (χ0n) is 20.3. The van der Waals surface area contributed by atoms with Crippen LogP contribution in [0.25, 0.3) is 0 Å². The van der Waals surface area contributed by atoms with Crippen molar-refractivity contribution < 1.29 is 33.1 Å². The quantitative estimate of drug-likeness (QED) is 0.528. The van der Waals surface area contributed by atoms with Crippen LogP contribution in [0.1, 0.15) is 40.5 Å². The van der Waals surface area contributed by atoms with E-state index < -0.39 is 24.0 Å². The second-order valence-corrected chi connectivity index (χ2v) is 9.47. The van der Waals surface area contributed by atoms with Gasteiger partial charge in [0.1, 0.15) is 11.9 Å². The van der Waals surface area contributed by atoms with Crippen LogP contribution in [0.4, 0.5) is 20.6 Å². The second-order valence-electron chi connectivity index (χ2n) is 9.47. The van der Waals surface area contributed by atoms with Gasteiger partial charge in [0.25, 0.3) is 5.91 Å². The SMILES string of the molecule is CC(C)CC(=O)ON(CC1CN(c2ccc(N3CCOCC3)c(F)c2)C(=O)O1)C(=O)CC(C)C. The van der Waals surface area contributed by atoms with E-state index in [1.165, 1.54) is 11.0 Å². The molecule has 2 aliphatic rings. The number of cyclic esters (lactones) is 1. The molecule has 2 heterocycles. The van der Waals surface area contributed by atoms with Crippen molar-refractivity contribution in [2.75, 3.05) is 49.2 Å². The van der Waals surface area contributed by atoms with Crippen molar-refractivity contribution in [2.24, 2.45) is 11.8 Å². The van der Waals surface area contributed by atoms with E-state index in [-0.39, 0.29) is 43.7 Å². The lowest BCUT2D eigenvalue weighted by atomic mass is 10.1. The van der Waals surface area contributed by atoms with Crippen molar-refractivity contribution in [3.8, 4) is 0 Å². The Morgan fingerprint density at radius 1 is 1.15 bits per heavy atom. The highest BCUT2D eigenvalue weighted by molar-refractivity contribution is 5.90. The molecule has 0 spiro atoms. The molecule has 1 unspecified atom stereocenters. The lowest BCUT2D eigenvalue weighted by Gasteiger charge is -2.29. The van der Waals surface area contributed by atoms with Gasteiger partial charge in [-0.05, 0) is 30.0 Å². The number of rotatable bonds is 8. The van der Waals surface area contributed by atoms with Gasteiger partial charge in [-0.1, -0.05) is 27.7 Å². The Balaban J connectivity index is 1.68. The molecule has 0 radical (unpaired) electrons. The highest BCUT2D eigenvalue weighted by Gasteiger charge is 2.36. The molecule has 1 aromatic carbocycles. The van der Waals surface area contributed by atoms with Crippen molar-refractivity contribution >= 4 is 29.3 Å². The standard InChI is InChI=1S/C24H34FN3O6/c1-16(2)11-22(29)28(34-23(30)12-17(3)4)15-19-14-27(24(31)33-19)18-5-6-21(20(25)13-18)26-7-9-32-10-8-26/h5-6,13,16-17,19H,7-12,14-15H2,1-4H3. The van der Waals surface area contributed by atoms with Gasteiger partial charge in [-0.2, -0.15) is 5.06 Å². The average molecular weight is 480 g/mol. The molecule has 3 rings (SSSR count). The number of halogens is 1. The number of morpholine rings is 1. The molecule has 2 saturated heterocycles. The Hall–Kier alpha value is -2.88. The third-order valence-corrected chi connectivity index (χ3v) is 5.49. The number of carbonyl (C=O) groups excluding carboxylic acids is 3. The molecule has 1 aromatic rings. The smallest absolute Gasteiger partial charge is 0.414 e. The monoisotopic (exact) mass is 479 g/mol. The Morgan fingerprint density at radius 2 is 1.82 bits per heavy atom. The van der Waals surface area contributed by atoms with Gasteiger partial charge < -0.3 is 19.2 Å². The van der Waals surface area contributed by atoms with Gasteiger partial charge in [-0.3, -0.25) is 9.69 Å². The number of carbonyl (C=O) groups is 3. The summed E-state index contributed by atoms with van der Waals surface area (Å²) in [5.41, 5.74) is 0.817. The predicted octanol–water partition coefficient (Wildman–Crippen LogP) is 3.37. The third-order valence-electron chi connectivity index (χ3n) is 5.49. The third kappa shape index (κ3) is 6.82. The molecule has 1 atom stereocenters. The Morgan fingerprint density at radius 3 is 2.44 bits per heavy atom. The number of hydrogen-bond acceptors (Lipinski definition) is 7. The summed E-state index contributed by atoms with van der Waals surface area (Å²) in [6, 6.07) is 4.61. The van der Waals surface area contributed by atoms with Crippen LogP contribution in [0.3, 0.4) is 0 Å². The maximum absolute atomic E-state index is 14.8. The Kier molecular flexibility index (Phi) is 8.71. The van der Waals surface area contributed by atoms with E-state index in [0.29, 0.717) is 37.7 Å². The minimum atomic E-state index is -0.725. The number of benzene rings is 1. The van der Waals surface area contributed by atoms with E-state index in [1.807, 2.05) is 32.6 Å². The van der Waals surface area contributed by atoms with Crippen LogP contribution in [0, 0.1) is 17.7 Å². The fourth-order valence-corrected chi connectivity index (χ4v) is 3.87. The summed E-state index contributed by atoms with van der Waals surface area (Å²) >= 11 is 0. The maximum atomic E-state index is 14.8. The molecule has 0 bridgehead atoms. The van der Waals surface area contributed by atoms with Crippen LogP contribution < -0.4 is 9.80 Å². The van der Waals surface area contributed by atoms with Crippen molar-refractivity contribution in [3.05, 3.63) is 24.0 Å². The average Bonchev–Trinajstić information content (AvgIpc) is 3.12. The summed E-state index contributed by atoms with van der Waals surface area (Å²) < 4.78 is 25.6. The fraction of sp³-hybridized carbons (Fsp3) is 0.625. The van der Waals surface area contributed by atoms with Crippen LogP contribution in [0.5, 0.6) is 0 Å². The summed E-state index contributed by atoms with van der Waals surface area (Å²) in [4.78, 5) is 45.9. The zero-order chi connectivity index (χ0) is 24.8. The summed E-state index contributed by atoms with van der Waals surface area (Å²) in [6.45, 7) is 9.80. The van der Waals surface area contributed by atoms with Gasteiger partial charge in [-0.25, -0.2) is 14.0 Å². The van der Waals surface area contributed by atoms with Gasteiger partial charge >= 0.3 is 12.1 Å². The van der Waals surface area contributed by atoms with E-state index in [0.717, 1.165) is 5.06 Å². The van der Waals surface area contributed by atoms with E-state index in [4.69, 9.17) is 14.3 Å². The van der Waals surface area contributed by atoms with Crippen LogP contribution in [-0.4, -0.2) is 68.5 Å². The summed E-state index contributed by atoms with van der Waals surface area (Å²) in [5, 5.41) is 0.994. The van der Waals surface area contributed by atoms with Gasteiger partial charge in [-0.15, -0.1) is 0 Å². The molecule has 34 heavy (non-hydrogen) atoms. The van der Waals surface area contributed by atoms with E-state index >= 15 is 0 Å². The normalized spacial score (nSPS) is 18.4. The number of hydrogen-bond donors (Lipinski definition) is 0. The van der Waals surface area contributed by atoms with Crippen molar-refractivity contribution in [1.82, 2.24) is 5.06 Å². The largest absolute Gasteiger partial charge is 0.442 e. The van der Waals surface area contributed by atoms with E-state index in [2.05, 4.69) is 0 Å². The first-order chi connectivity index (χ1) is 16.1. The van der Waals surface area contributed by atoms with Gasteiger partial charge in [0, 0.05) is 19.5 Å². The first-order valence-electron chi connectivity index (χ1n) is 11.8. The van der Waals surface area contributed by atoms with Gasteiger partial charge in [0.15, 0.2) is 0 Å². The Labute approximate surface area is 199 Å². The molecular formula is C24H34FN3O6. The molecule has 0 N–H and O–H groups in total. The first kappa shape index (κ1) is 25.7. The van der Waals surface area contributed by atoms with Crippen LogP contribution >= 0.6 is 0 Å². The number of ether oxygens (including phenoxy) is 2. The summed E-state index contributed by atoms with van der Waals surface area (Å²) in [6.07, 6.45) is -1.02. The molecule has 0 aromatic heterocycles. The molecule has 0 aliphatic carbocycles. The second kappa shape index (κ2) is 11.5. The number of amides is 2. The molecule has 2 aliphatic heterocycles. The first-order valence-corrected chi connectivity index (χ1v) is 11.8. The summed E-state index contributed by atoms with van der Waals surface area (Å²) in [7, 11) is 0. The van der Waals surface area contributed by atoms with E-state index in [9.17, 15) is 18.8 Å². The highest BCUT2D eigenvalue weighted by Crippen LogP contribution is 2.28. The van der Waals surface area contributed by atoms with Crippen LogP contribution in [0.15, 0.2) is 18.2 Å². The number of hydroxylamine groups is 2. The number of anilines is 2. The highest BCUT2D eigenvalue weighted by atomic mass is 19.1. The fourth-order valence-electron chi connectivity index (χ4n) is 3.87. The number of nitrogens with zero attached hydrogens (tertiary/aromatic N) is 3. The van der Waals surface area contributed by atoms with Crippen molar-refractivity contribution in [1.29, 1.82) is 0 Å². The van der Waals surface area contributed by atoms with Gasteiger partial charge in [0.2, 0.25) is 0 Å².